The normalized spacial score (nSPS) is 20.1. The van der Waals surface area contributed by atoms with Crippen molar-refractivity contribution in [3.8, 4) is 5.88 Å². The average Bonchev–Trinajstić information content (AvgIpc) is 2.71. The molecular weight excluding hydrogens is 431 g/mol. The number of aromatic nitrogens is 2. The Morgan fingerprint density at radius 3 is 2.74 bits per heavy atom. The van der Waals surface area contributed by atoms with Crippen molar-refractivity contribution < 1.29 is 27.4 Å². The van der Waals surface area contributed by atoms with Crippen molar-refractivity contribution in [2.24, 2.45) is 10.7 Å². The van der Waals surface area contributed by atoms with Crippen LogP contribution in [-0.2, 0) is 15.6 Å². The number of hydrogen-bond acceptors (Lipinski definition) is 9. The summed E-state index contributed by atoms with van der Waals surface area (Å²) >= 11 is 0. The number of nitrogens with zero attached hydrogens (tertiary/aromatic N) is 4. The van der Waals surface area contributed by atoms with Gasteiger partial charge in [0.1, 0.15) is 23.7 Å². The van der Waals surface area contributed by atoms with E-state index in [9.17, 15) is 17.6 Å². The molecule has 1 aromatic carbocycles. The smallest absolute Gasteiger partial charge is 0.275 e. The molecule has 2 aromatic rings. The maximum atomic E-state index is 14.6. The number of benzene rings is 1. The number of aliphatic imine (C=N–C) groups is 1. The van der Waals surface area contributed by atoms with Crippen LogP contribution in [0.2, 0.25) is 0 Å². The van der Waals surface area contributed by atoms with E-state index in [4.69, 9.17) is 15.6 Å². The number of halogens is 1. The molecule has 13 heteroatoms. The fourth-order valence-corrected chi connectivity index (χ4v) is 4.41. The Labute approximate surface area is 177 Å². The van der Waals surface area contributed by atoms with Gasteiger partial charge in [0.2, 0.25) is 21.9 Å². The molecule has 1 aliphatic rings. The second-order valence-corrected chi connectivity index (χ2v) is 8.93. The molecule has 11 nitrogen and oxygen atoms in total. The minimum absolute atomic E-state index is 0.0300. The van der Waals surface area contributed by atoms with Gasteiger partial charge in [-0.15, -0.1) is 0 Å². The first-order valence-corrected chi connectivity index (χ1v) is 10.7. The number of aliphatic hydroxyl groups excluding tert-OH is 1. The van der Waals surface area contributed by atoms with Gasteiger partial charge in [0, 0.05) is 18.3 Å². The number of anilines is 1. The van der Waals surface area contributed by atoms with E-state index in [1.54, 1.807) is 0 Å². The van der Waals surface area contributed by atoms with Crippen LogP contribution in [0.5, 0.6) is 5.88 Å². The third-order valence-electron chi connectivity index (χ3n) is 4.57. The first kappa shape index (κ1) is 22.4. The summed E-state index contributed by atoms with van der Waals surface area (Å²) in [5.41, 5.74) is 4.37. The Kier molecular flexibility index (Phi) is 6.08. The second kappa shape index (κ2) is 8.43. The molecule has 166 valence electrons. The Balaban J connectivity index is 1.85. The molecule has 2 heterocycles. The van der Waals surface area contributed by atoms with Gasteiger partial charge in [-0.2, -0.15) is 0 Å². The average molecular weight is 452 g/mol. The van der Waals surface area contributed by atoms with Crippen LogP contribution in [0.1, 0.15) is 23.0 Å². The van der Waals surface area contributed by atoms with E-state index in [-0.39, 0.29) is 42.0 Å². The lowest BCUT2D eigenvalue weighted by molar-refractivity contribution is 0.102. The van der Waals surface area contributed by atoms with Crippen molar-refractivity contribution in [2.45, 2.75) is 12.5 Å². The Hall–Kier alpha value is -3.32. The number of carbonyl (C=O) groups is 1. The number of amides is 1. The number of carbonyl (C=O) groups excluding carboxylic acids is 1. The van der Waals surface area contributed by atoms with Gasteiger partial charge in [-0.25, -0.2) is 32.1 Å². The van der Waals surface area contributed by atoms with E-state index in [2.05, 4.69) is 20.3 Å². The maximum absolute atomic E-state index is 14.6. The zero-order valence-corrected chi connectivity index (χ0v) is 17.6. The maximum Gasteiger partial charge on any atom is 0.275 e. The number of sulfonamides is 1. The lowest BCUT2D eigenvalue weighted by atomic mass is 9.93. The summed E-state index contributed by atoms with van der Waals surface area (Å²) in [5.74, 6) is -1.93. The summed E-state index contributed by atoms with van der Waals surface area (Å²) in [4.78, 5) is 24.5. The predicted molar refractivity (Wildman–Crippen MR) is 109 cm³/mol. The lowest BCUT2D eigenvalue weighted by Crippen LogP contribution is -2.50. The van der Waals surface area contributed by atoms with Crippen LogP contribution < -0.4 is 15.8 Å². The van der Waals surface area contributed by atoms with E-state index in [1.165, 1.54) is 38.5 Å². The molecule has 0 radical (unpaired) electrons. The number of ether oxygens (including phenoxy) is 1. The number of hydrogen-bond donors (Lipinski definition) is 3. The highest BCUT2D eigenvalue weighted by molar-refractivity contribution is 7.89. The number of nitrogens with one attached hydrogen (secondary N) is 1. The van der Waals surface area contributed by atoms with E-state index in [0.29, 0.717) is 0 Å². The van der Waals surface area contributed by atoms with Crippen molar-refractivity contribution in [3.63, 3.8) is 0 Å². The number of aliphatic hydroxyl groups is 1. The molecule has 1 atom stereocenters. The van der Waals surface area contributed by atoms with Gasteiger partial charge in [-0.1, -0.05) is 0 Å². The number of nitrogens with two attached hydrogens (primary N) is 1. The Bertz CT molecular complexity index is 1120. The van der Waals surface area contributed by atoms with Crippen molar-refractivity contribution in [1.29, 1.82) is 0 Å². The summed E-state index contributed by atoms with van der Waals surface area (Å²) < 4.78 is 45.2. The third-order valence-corrected chi connectivity index (χ3v) is 6.52. The van der Waals surface area contributed by atoms with Crippen LogP contribution >= 0.6 is 0 Å². The third kappa shape index (κ3) is 4.72. The van der Waals surface area contributed by atoms with Crippen molar-refractivity contribution in [3.05, 3.63) is 47.7 Å². The first-order chi connectivity index (χ1) is 14.6. The lowest BCUT2D eigenvalue weighted by Gasteiger charge is -2.34. The molecule has 31 heavy (non-hydrogen) atoms. The summed E-state index contributed by atoms with van der Waals surface area (Å²) in [6, 6.07) is 3.73. The SMILES string of the molecule is CN1C(N)=N[C@](C)(c2cc(NC(=O)c3cnc(OCCO)cn3)ccc2F)CS1(=O)=O. The van der Waals surface area contributed by atoms with E-state index in [0.717, 1.165) is 10.4 Å². The van der Waals surface area contributed by atoms with Crippen LogP contribution in [0.15, 0.2) is 35.6 Å². The highest BCUT2D eigenvalue weighted by atomic mass is 32.2. The molecule has 0 saturated carbocycles. The van der Waals surface area contributed by atoms with Crippen molar-refractivity contribution >= 4 is 27.6 Å². The molecule has 0 unspecified atom stereocenters. The monoisotopic (exact) mass is 452 g/mol. The van der Waals surface area contributed by atoms with Gasteiger partial charge in [0.25, 0.3) is 5.91 Å². The topological polar surface area (TPSA) is 160 Å². The molecular formula is C18H21FN6O5S. The van der Waals surface area contributed by atoms with Crippen LogP contribution in [0.3, 0.4) is 0 Å². The Morgan fingerprint density at radius 2 is 2.13 bits per heavy atom. The molecule has 1 amide bonds. The number of rotatable bonds is 6. The standard InChI is InChI=1S/C18H21FN6O5S/c1-18(10-31(28,29)25(2)17(20)24-18)12-7-11(3-4-13(12)19)23-16(27)14-8-22-15(9-21-14)30-6-5-26/h3-4,7-9,26H,5-6,10H2,1-2H3,(H2,20,24)(H,23,27)/t18-/m0/s1. The predicted octanol–water partition coefficient (Wildman–Crippen LogP) is 0.0442. The molecule has 0 aliphatic carbocycles. The van der Waals surface area contributed by atoms with Gasteiger partial charge >= 0.3 is 0 Å². The largest absolute Gasteiger partial charge is 0.474 e. The van der Waals surface area contributed by atoms with Crippen LogP contribution in [0.25, 0.3) is 0 Å². The van der Waals surface area contributed by atoms with Crippen molar-refractivity contribution in [2.75, 3.05) is 31.3 Å². The molecule has 0 spiro atoms. The molecule has 0 bridgehead atoms. The molecule has 4 N–H and O–H groups in total. The van der Waals surface area contributed by atoms with Crippen LogP contribution in [0.4, 0.5) is 10.1 Å². The zero-order valence-electron chi connectivity index (χ0n) is 16.7. The van der Waals surface area contributed by atoms with E-state index in [1.807, 2.05) is 0 Å². The first-order valence-electron chi connectivity index (χ1n) is 9.05. The van der Waals surface area contributed by atoms with Crippen LogP contribution in [0, 0.1) is 5.82 Å². The molecule has 3 rings (SSSR count). The highest BCUT2D eigenvalue weighted by Crippen LogP contribution is 2.34. The summed E-state index contributed by atoms with van der Waals surface area (Å²) in [7, 11) is -2.53. The fourth-order valence-electron chi connectivity index (χ4n) is 2.96. The summed E-state index contributed by atoms with van der Waals surface area (Å²) in [5, 5.41) is 11.3. The molecule has 1 aliphatic heterocycles. The van der Waals surface area contributed by atoms with Crippen molar-refractivity contribution in [1.82, 2.24) is 14.3 Å². The summed E-state index contributed by atoms with van der Waals surface area (Å²) in [6.45, 7) is 1.30. The Morgan fingerprint density at radius 1 is 1.39 bits per heavy atom. The zero-order chi connectivity index (χ0) is 22.8. The van der Waals surface area contributed by atoms with E-state index >= 15 is 0 Å². The summed E-state index contributed by atoms with van der Waals surface area (Å²) in [6.07, 6.45) is 2.41. The van der Waals surface area contributed by atoms with Crippen LogP contribution in [-0.4, -0.2) is 65.7 Å². The molecule has 0 fully saturated rings. The van der Waals surface area contributed by atoms with E-state index < -0.39 is 33.0 Å². The van der Waals surface area contributed by atoms with Gasteiger partial charge in [0.15, 0.2) is 0 Å². The quantitative estimate of drug-likeness (QED) is 0.554. The minimum atomic E-state index is -3.80. The second-order valence-electron chi connectivity index (χ2n) is 6.93. The fraction of sp³-hybridized carbons (Fsp3) is 0.333. The molecule has 1 aromatic heterocycles. The highest BCUT2D eigenvalue weighted by Gasteiger charge is 2.41. The van der Waals surface area contributed by atoms with Gasteiger partial charge in [-0.05, 0) is 25.1 Å². The van der Waals surface area contributed by atoms with Gasteiger partial charge in [0.05, 0.1) is 24.8 Å². The molecule has 0 saturated heterocycles. The number of guanidine groups is 1. The van der Waals surface area contributed by atoms with Gasteiger partial charge < -0.3 is 20.9 Å². The van der Waals surface area contributed by atoms with Gasteiger partial charge in [-0.3, -0.25) is 4.79 Å². The minimum Gasteiger partial charge on any atom is -0.474 e.